The molecule has 0 bridgehead atoms. The Morgan fingerprint density at radius 3 is 2.46 bits per heavy atom. The van der Waals surface area contributed by atoms with E-state index in [1.54, 1.807) is 36.4 Å². The summed E-state index contributed by atoms with van der Waals surface area (Å²) in [5.74, 6) is 0.357. The smallest absolute Gasteiger partial charge is 0.255 e. The normalized spacial score (nSPS) is 13.0. The van der Waals surface area contributed by atoms with Crippen molar-refractivity contribution in [2.24, 2.45) is 5.73 Å². The highest BCUT2D eigenvalue weighted by Crippen LogP contribution is 2.30. The molecule has 6 heteroatoms. The quantitative estimate of drug-likeness (QED) is 0.906. The lowest BCUT2D eigenvalue weighted by atomic mass is 10.1. The van der Waals surface area contributed by atoms with Crippen LogP contribution in [-0.4, -0.2) is 25.0 Å². The molecule has 2 amide bonds. The number of fused-ring (bicyclic) bond motifs is 1. The van der Waals surface area contributed by atoms with Crippen molar-refractivity contribution in [2.45, 2.75) is 13.3 Å². The van der Waals surface area contributed by atoms with Gasteiger partial charge in [0.15, 0.2) is 11.5 Å². The summed E-state index contributed by atoms with van der Waals surface area (Å²) in [6.07, 6.45) is 0.801. The number of nitrogens with one attached hydrogen (secondary N) is 1. The van der Waals surface area contributed by atoms with Crippen LogP contribution in [0.15, 0.2) is 36.4 Å². The van der Waals surface area contributed by atoms with Crippen molar-refractivity contribution in [1.82, 2.24) is 0 Å². The summed E-state index contributed by atoms with van der Waals surface area (Å²) in [5, 5.41) is 2.80. The summed E-state index contributed by atoms with van der Waals surface area (Å²) in [5.41, 5.74) is 7.45. The number of benzene rings is 2. The average molecular weight is 326 g/mol. The van der Waals surface area contributed by atoms with Gasteiger partial charge in [0.1, 0.15) is 0 Å². The summed E-state index contributed by atoms with van der Waals surface area (Å²) in [6, 6.07) is 9.99. The van der Waals surface area contributed by atoms with Gasteiger partial charge >= 0.3 is 0 Å². The van der Waals surface area contributed by atoms with E-state index in [0.29, 0.717) is 41.5 Å². The summed E-state index contributed by atoms with van der Waals surface area (Å²) in [4.78, 5) is 23.8. The molecule has 124 valence electrons. The van der Waals surface area contributed by atoms with Crippen LogP contribution in [0, 0.1) is 6.92 Å². The van der Waals surface area contributed by atoms with Crippen molar-refractivity contribution in [2.75, 3.05) is 18.5 Å². The predicted octanol–water partition coefficient (Wildman–Crippen LogP) is 2.51. The Hall–Kier alpha value is -3.02. The molecule has 0 spiro atoms. The van der Waals surface area contributed by atoms with Crippen molar-refractivity contribution >= 4 is 17.5 Å². The van der Waals surface area contributed by atoms with E-state index in [1.165, 1.54) is 0 Å². The lowest BCUT2D eigenvalue weighted by molar-refractivity contribution is 0.0996. The molecule has 0 saturated carbocycles. The number of rotatable bonds is 3. The van der Waals surface area contributed by atoms with Crippen molar-refractivity contribution in [3.63, 3.8) is 0 Å². The van der Waals surface area contributed by atoms with Gasteiger partial charge in [0.2, 0.25) is 5.91 Å². The fraction of sp³-hybridized carbons (Fsp3) is 0.222. The van der Waals surface area contributed by atoms with Gasteiger partial charge in [-0.1, -0.05) is 6.07 Å². The van der Waals surface area contributed by atoms with Gasteiger partial charge < -0.3 is 20.5 Å². The third-order valence-electron chi connectivity index (χ3n) is 3.78. The number of amides is 2. The van der Waals surface area contributed by atoms with Gasteiger partial charge in [-0.05, 0) is 42.8 Å². The maximum absolute atomic E-state index is 12.5. The molecule has 6 nitrogen and oxygen atoms in total. The van der Waals surface area contributed by atoms with Crippen molar-refractivity contribution < 1.29 is 19.1 Å². The molecule has 3 N–H and O–H groups in total. The first kappa shape index (κ1) is 15.9. The Labute approximate surface area is 139 Å². The molecular formula is C18H18N2O4. The molecule has 3 rings (SSSR count). The van der Waals surface area contributed by atoms with Crippen LogP contribution < -0.4 is 20.5 Å². The number of carbonyl (C=O) groups is 2. The molecule has 0 unspecified atom stereocenters. The third kappa shape index (κ3) is 3.32. The van der Waals surface area contributed by atoms with Crippen LogP contribution in [0.25, 0.3) is 0 Å². The van der Waals surface area contributed by atoms with E-state index < -0.39 is 5.91 Å². The van der Waals surface area contributed by atoms with Gasteiger partial charge in [0.25, 0.3) is 5.91 Å². The monoisotopic (exact) mass is 326 g/mol. The Balaban J connectivity index is 1.84. The molecule has 0 radical (unpaired) electrons. The van der Waals surface area contributed by atoms with Crippen molar-refractivity contribution in [3.05, 3.63) is 53.1 Å². The second-order valence-corrected chi connectivity index (χ2v) is 5.56. The minimum atomic E-state index is -0.541. The van der Waals surface area contributed by atoms with E-state index >= 15 is 0 Å². The second-order valence-electron chi connectivity index (χ2n) is 5.56. The summed E-state index contributed by atoms with van der Waals surface area (Å²) in [7, 11) is 0. The fourth-order valence-corrected chi connectivity index (χ4v) is 2.41. The SMILES string of the molecule is Cc1ccc(C(N)=O)cc1NC(=O)c1ccc2c(c1)OCCCO2. The Bertz CT molecular complexity index is 802. The molecule has 2 aromatic carbocycles. The first-order valence-corrected chi connectivity index (χ1v) is 7.66. The van der Waals surface area contributed by atoms with Crippen LogP contribution in [0.5, 0.6) is 11.5 Å². The molecule has 1 heterocycles. The minimum absolute atomic E-state index is 0.296. The van der Waals surface area contributed by atoms with E-state index in [-0.39, 0.29) is 5.91 Å². The topological polar surface area (TPSA) is 90.7 Å². The number of anilines is 1. The number of nitrogens with two attached hydrogens (primary N) is 1. The Kier molecular flexibility index (Phi) is 4.37. The van der Waals surface area contributed by atoms with Crippen LogP contribution in [0.1, 0.15) is 32.7 Å². The molecule has 0 fully saturated rings. The summed E-state index contributed by atoms with van der Waals surface area (Å²) >= 11 is 0. The predicted molar refractivity (Wildman–Crippen MR) is 89.7 cm³/mol. The van der Waals surface area contributed by atoms with E-state index in [1.807, 2.05) is 6.92 Å². The highest BCUT2D eigenvalue weighted by molar-refractivity contribution is 6.05. The zero-order chi connectivity index (χ0) is 17.1. The van der Waals surface area contributed by atoms with Gasteiger partial charge in [-0.2, -0.15) is 0 Å². The van der Waals surface area contributed by atoms with Gasteiger partial charge in [-0.3, -0.25) is 9.59 Å². The van der Waals surface area contributed by atoms with Crippen LogP contribution in [-0.2, 0) is 0 Å². The van der Waals surface area contributed by atoms with Crippen LogP contribution in [0.2, 0.25) is 0 Å². The average Bonchev–Trinajstić information content (AvgIpc) is 2.81. The lowest BCUT2D eigenvalue weighted by Crippen LogP contribution is -2.15. The number of aryl methyl sites for hydroxylation is 1. The minimum Gasteiger partial charge on any atom is -0.490 e. The van der Waals surface area contributed by atoms with E-state index in [9.17, 15) is 9.59 Å². The first-order valence-electron chi connectivity index (χ1n) is 7.66. The maximum Gasteiger partial charge on any atom is 0.255 e. The van der Waals surface area contributed by atoms with Crippen LogP contribution in [0.3, 0.4) is 0 Å². The number of ether oxygens (including phenoxy) is 2. The highest BCUT2D eigenvalue weighted by atomic mass is 16.5. The van der Waals surface area contributed by atoms with Crippen LogP contribution in [0.4, 0.5) is 5.69 Å². The number of carbonyl (C=O) groups excluding carboxylic acids is 2. The summed E-state index contributed by atoms with van der Waals surface area (Å²) in [6.45, 7) is 2.99. The molecule has 0 aliphatic carbocycles. The molecule has 1 aliphatic rings. The highest BCUT2D eigenvalue weighted by Gasteiger charge is 2.15. The maximum atomic E-state index is 12.5. The zero-order valence-corrected chi connectivity index (χ0v) is 13.3. The van der Waals surface area contributed by atoms with Crippen molar-refractivity contribution in [1.29, 1.82) is 0 Å². The lowest BCUT2D eigenvalue weighted by Gasteiger charge is -2.12. The molecule has 0 atom stereocenters. The zero-order valence-electron chi connectivity index (χ0n) is 13.3. The first-order chi connectivity index (χ1) is 11.5. The summed E-state index contributed by atoms with van der Waals surface area (Å²) < 4.78 is 11.2. The van der Waals surface area contributed by atoms with E-state index in [0.717, 1.165) is 12.0 Å². The molecule has 0 saturated heterocycles. The largest absolute Gasteiger partial charge is 0.490 e. The number of primary amides is 1. The van der Waals surface area contributed by atoms with E-state index in [2.05, 4.69) is 5.32 Å². The molecule has 24 heavy (non-hydrogen) atoms. The number of hydrogen-bond donors (Lipinski definition) is 2. The van der Waals surface area contributed by atoms with Gasteiger partial charge in [-0.25, -0.2) is 0 Å². The van der Waals surface area contributed by atoms with Gasteiger partial charge in [0.05, 0.1) is 13.2 Å². The standard InChI is InChI=1S/C18H18N2O4/c1-11-3-4-12(17(19)21)9-14(11)20-18(22)13-5-6-15-16(10-13)24-8-2-7-23-15/h3-6,9-10H,2,7-8H2,1H3,(H2,19,21)(H,20,22). The van der Waals surface area contributed by atoms with Gasteiger partial charge in [-0.15, -0.1) is 0 Å². The Morgan fingerprint density at radius 2 is 1.71 bits per heavy atom. The second kappa shape index (κ2) is 6.62. The van der Waals surface area contributed by atoms with Crippen molar-refractivity contribution in [3.8, 4) is 11.5 Å². The third-order valence-corrected chi connectivity index (χ3v) is 3.78. The number of hydrogen-bond acceptors (Lipinski definition) is 4. The Morgan fingerprint density at radius 1 is 1.00 bits per heavy atom. The molecule has 1 aliphatic heterocycles. The van der Waals surface area contributed by atoms with Gasteiger partial charge in [0, 0.05) is 23.2 Å². The molecule has 2 aromatic rings. The molecular weight excluding hydrogens is 308 g/mol. The molecule has 0 aromatic heterocycles. The fourth-order valence-electron chi connectivity index (χ4n) is 2.41. The van der Waals surface area contributed by atoms with Crippen LogP contribution >= 0.6 is 0 Å². The van der Waals surface area contributed by atoms with E-state index in [4.69, 9.17) is 15.2 Å².